The van der Waals surface area contributed by atoms with Crippen molar-refractivity contribution in [2.45, 2.75) is 36.9 Å². The number of benzene rings is 1. The highest BCUT2D eigenvalue weighted by Crippen LogP contribution is 2.44. The summed E-state index contributed by atoms with van der Waals surface area (Å²) in [6.07, 6.45) is 4.97. The van der Waals surface area contributed by atoms with Gasteiger partial charge in [-0.15, -0.1) is 10.2 Å². The molecule has 1 aromatic heterocycles. The summed E-state index contributed by atoms with van der Waals surface area (Å²) in [7, 11) is 1.57. The van der Waals surface area contributed by atoms with E-state index in [1.807, 2.05) is 0 Å². The highest BCUT2D eigenvalue weighted by molar-refractivity contribution is 7.99. The van der Waals surface area contributed by atoms with Crippen molar-refractivity contribution in [3.63, 3.8) is 0 Å². The van der Waals surface area contributed by atoms with E-state index in [0.29, 0.717) is 39.4 Å². The average Bonchev–Trinajstić information content (AvgIpc) is 3.37. The van der Waals surface area contributed by atoms with Crippen LogP contribution in [0.5, 0.6) is 5.75 Å². The van der Waals surface area contributed by atoms with Crippen molar-refractivity contribution in [2.75, 3.05) is 12.9 Å². The van der Waals surface area contributed by atoms with Gasteiger partial charge in [-0.2, -0.15) is 0 Å². The molecule has 2 aliphatic rings. The largest absolute Gasteiger partial charge is 0.496 e. The van der Waals surface area contributed by atoms with E-state index in [0.717, 1.165) is 12.3 Å². The molecule has 3 atom stereocenters. The summed E-state index contributed by atoms with van der Waals surface area (Å²) in [5.74, 6) is 2.68. The summed E-state index contributed by atoms with van der Waals surface area (Å²) < 4.78 is 11.0. The standard InChI is InChI=1S/C18H20ClN3O3S/c1-24-15-5-4-12(19)8-13(15)17-21-22-18(25-17)26-9-16(23)20-14-7-10-2-3-11(14)6-10/h4-5,8,10-11,14H,2-3,6-7,9H2,1H3,(H,20,23)/t10-,11-,14-/m1/s1. The number of ether oxygens (including phenoxy) is 1. The fourth-order valence-electron chi connectivity index (χ4n) is 4.02. The van der Waals surface area contributed by atoms with E-state index >= 15 is 0 Å². The molecule has 2 aliphatic carbocycles. The molecule has 1 amide bonds. The zero-order chi connectivity index (χ0) is 18.1. The molecule has 2 saturated carbocycles. The van der Waals surface area contributed by atoms with Crippen LogP contribution in [0.4, 0.5) is 0 Å². The Hall–Kier alpha value is -1.73. The molecular weight excluding hydrogens is 374 g/mol. The fourth-order valence-corrected chi connectivity index (χ4v) is 4.77. The van der Waals surface area contributed by atoms with Gasteiger partial charge in [0.05, 0.1) is 18.4 Å². The molecule has 26 heavy (non-hydrogen) atoms. The third-order valence-electron chi connectivity index (χ3n) is 5.21. The Balaban J connectivity index is 1.35. The monoisotopic (exact) mass is 393 g/mol. The highest BCUT2D eigenvalue weighted by Gasteiger charge is 2.40. The lowest BCUT2D eigenvalue weighted by Crippen LogP contribution is -2.39. The number of nitrogens with one attached hydrogen (secondary N) is 1. The third kappa shape index (κ3) is 3.69. The molecular formula is C18H20ClN3O3S. The Morgan fingerprint density at radius 3 is 3.00 bits per heavy atom. The van der Waals surface area contributed by atoms with Gasteiger partial charge in [-0.25, -0.2) is 0 Å². The van der Waals surface area contributed by atoms with Crippen molar-refractivity contribution < 1.29 is 13.9 Å². The number of carbonyl (C=O) groups is 1. The summed E-state index contributed by atoms with van der Waals surface area (Å²) in [4.78, 5) is 12.2. The predicted octanol–water partition coefficient (Wildman–Crippen LogP) is 3.80. The van der Waals surface area contributed by atoms with E-state index in [1.165, 1.54) is 31.0 Å². The smallest absolute Gasteiger partial charge is 0.277 e. The topological polar surface area (TPSA) is 77.2 Å². The fraction of sp³-hybridized carbons (Fsp3) is 0.500. The van der Waals surface area contributed by atoms with Gasteiger partial charge in [-0.3, -0.25) is 4.79 Å². The van der Waals surface area contributed by atoms with Gasteiger partial charge >= 0.3 is 0 Å². The normalized spacial score (nSPS) is 24.0. The zero-order valence-corrected chi connectivity index (χ0v) is 16.0. The summed E-state index contributed by atoms with van der Waals surface area (Å²) in [5, 5.41) is 12.1. The van der Waals surface area contributed by atoms with Crippen LogP contribution in [0.1, 0.15) is 25.7 Å². The van der Waals surface area contributed by atoms with Crippen molar-refractivity contribution in [1.82, 2.24) is 15.5 Å². The van der Waals surface area contributed by atoms with Gasteiger partial charge in [0.2, 0.25) is 5.91 Å². The molecule has 0 saturated heterocycles. The van der Waals surface area contributed by atoms with Crippen LogP contribution in [0.15, 0.2) is 27.8 Å². The van der Waals surface area contributed by atoms with Crippen LogP contribution in [-0.4, -0.2) is 35.0 Å². The lowest BCUT2D eigenvalue weighted by molar-refractivity contribution is -0.119. The number of fused-ring (bicyclic) bond motifs is 2. The van der Waals surface area contributed by atoms with Gasteiger partial charge < -0.3 is 14.5 Å². The van der Waals surface area contributed by atoms with Crippen LogP contribution in [0.25, 0.3) is 11.5 Å². The number of amides is 1. The molecule has 2 bridgehead atoms. The van der Waals surface area contributed by atoms with Crippen molar-refractivity contribution in [1.29, 1.82) is 0 Å². The Bertz CT molecular complexity index is 813. The van der Waals surface area contributed by atoms with Crippen molar-refractivity contribution in [3.05, 3.63) is 23.2 Å². The molecule has 4 rings (SSSR count). The Morgan fingerprint density at radius 2 is 2.27 bits per heavy atom. The SMILES string of the molecule is COc1ccc(Cl)cc1-c1nnc(SCC(=O)N[C@@H]2C[C@@H]3CC[C@@H]2C3)o1. The van der Waals surface area contributed by atoms with Crippen LogP contribution in [0, 0.1) is 11.8 Å². The third-order valence-corrected chi connectivity index (χ3v) is 6.26. The quantitative estimate of drug-likeness (QED) is 0.752. The number of methoxy groups -OCH3 is 1. The number of carbonyl (C=O) groups excluding carboxylic acids is 1. The number of thioether (sulfide) groups is 1. The number of halogens is 1. The molecule has 1 N–H and O–H groups in total. The number of hydrogen-bond acceptors (Lipinski definition) is 6. The Morgan fingerprint density at radius 1 is 1.38 bits per heavy atom. The first-order valence-electron chi connectivity index (χ1n) is 8.72. The lowest BCUT2D eigenvalue weighted by atomic mass is 9.95. The highest BCUT2D eigenvalue weighted by atomic mass is 35.5. The minimum atomic E-state index is 0.0210. The number of aromatic nitrogens is 2. The second-order valence-corrected chi connectivity index (χ2v) is 8.22. The summed E-state index contributed by atoms with van der Waals surface area (Å²) >= 11 is 7.28. The molecule has 6 nitrogen and oxygen atoms in total. The van der Waals surface area contributed by atoms with E-state index in [4.69, 9.17) is 20.8 Å². The van der Waals surface area contributed by atoms with Crippen LogP contribution >= 0.6 is 23.4 Å². The molecule has 0 aliphatic heterocycles. The van der Waals surface area contributed by atoms with Gasteiger partial charge in [0.15, 0.2) is 0 Å². The number of hydrogen-bond donors (Lipinski definition) is 1. The van der Waals surface area contributed by atoms with E-state index < -0.39 is 0 Å². The summed E-state index contributed by atoms with van der Waals surface area (Å²) in [6.45, 7) is 0. The second kappa shape index (κ2) is 7.48. The summed E-state index contributed by atoms with van der Waals surface area (Å²) in [5.41, 5.74) is 0.630. The minimum Gasteiger partial charge on any atom is -0.496 e. The molecule has 8 heteroatoms. The van der Waals surface area contributed by atoms with Gasteiger partial charge in [-0.05, 0) is 49.3 Å². The summed E-state index contributed by atoms with van der Waals surface area (Å²) in [6, 6.07) is 5.54. The van der Waals surface area contributed by atoms with Crippen molar-refractivity contribution in [2.24, 2.45) is 11.8 Å². The second-order valence-electron chi connectivity index (χ2n) is 6.86. The first kappa shape index (κ1) is 17.7. The minimum absolute atomic E-state index is 0.0210. The molecule has 138 valence electrons. The predicted molar refractivity (Wildman–Crippen MR) is 99.4 cm³/mol. The first-order chi connectivity index (χ1) is 12.6. The average molecular weight is 394 g/mol. The van der Waals surface area contributed by atoms with E-state index in [9.17, 15) is 4.79 Å². The number of nitrogens with zero attached hydrogens (tertiary/aromatic N) is 2. The van der Waals surface area contributed by atoms with Crippen molar-refractivity contribution >= 4 is 29.3 Å². The Kier molecular flexibility index (Phi) is 5.09. The molecule has 0 unspecified atom stereocenters. The molecule has 2 fully saturated rings. The van der Waals surface area contributed by atoms with Gasteiger partial charge in [0, 0.05) is 11.1 Å². The van der Waals surface area contributed by atoms with E-state index in [2.05, 4.69) is 15.5 Å². The van der Waals surface area contributed by atoms with Crippen molar-refractivity contribution in [3.8, 4) is 17.2 Å². The maximum Gasteiger partial charge on any atom is 0.277 e. The zero-order valence-electron chi connectivity index (χ0n) is 14.4. The molecule has 1 aromatic carbocycles. The van der Waals surface area contributed by atoms with Gasteiger partial charge in [-0.1, -0.05) is 29.8 Å². The van der Waals surface area contributed by atoms with Crippen LogP contribution in [-0.2, 0) is 4.79 Å². The molecule has 0 spiro atoms. The van der Waals surface area contributed by atoms with Crippen LogP contribution in [0.3, 0.4) is 0 Å². The van der Waals surface area contributed by atoms with E-state index in [-0.39, 0.29) is 11.7 Å². The maximum absolute atomic E-state index is 12.2. The molecule has 2 aromatic rings. The van der Waals surface area contributed by atoms with Crippen LogP contribution in [0.2, 0.25) is 5.02 Å². The first-order valence-corrected chi connectivity index (χ1v) is 10.1. The van der Waals surface area contributed by atoms with Crippen LogP contribution < -0.4 is 10.1 Å². The molecule has 0 radical (unpaired) electrons. The Labute approximate surface area is 161 Å². The van der Waals surface area contributed by atoms with Gasteiger partial charge in [0.25, 0.3) is 11.1 Å². The maximum atomic E-state index is 12.2. The van der Waals surface area contributed by atoms with Gasteiger partial charge in [0.1, 0.15) is 5.75 Å². The number of rotatable bonds is 6. The lowest BCUT2D eigenvalue weighted by Gasteiger charge is -2.22. The van der Waals surface area contributed by atoms with E-state index in [1.54, 1.807) is 25.3 Å². The molecule has 1 heterocycles.